The van der Waals surface area contributed by atoms with Crippen LogP contribution in [0.2, 0.25) is 0 Å². The molecule has 7 nitrogen and oxygen atoms in total. The van der Waals surface area contributed by atoms with E-state index in [0.29, 0.717) is 29.5 Å². The number of nitrogens with zero attached hydrogens (tertiary/aromatic N) is 2. The summed E-state index contributed by atoms with van der Waals surface area (Å²) < 4.78 is 21.0. The quantitative estimate of drug-likeness (QED) is 0.596. The third-order valence-electron chi connectivity index (χ3n) is 3.24. The Balaban J connectivity index is 1.65. The maximum absolute atomic E-state index is 12.2. The first kappa shape index (κ1) is 17.0. The van der Waals surface area contributed by atoms with Crippen molar-refractivity contribution >= 4 is 17.3 Å². The van der Waals surface area contributed by atoms with Crippen LogP contribution in [0.25, 0.3) is 10.7 Å². The van der Waals surface area contributed by atoms with Crippen molar-refractivity contribution in [1.29, 1.82) is 0 Å². The minimum atomic E-state index is -0.514. The van der Waals surface area contributed by atoms with Crippen LogP contribution in [0.3, 0.4) is 0 Å². The molecule has 0 aliphatic carbocycles. The van der Waals surface area contributed by atoms with Gasteiger partial charge in [0.1, 0.15) is 0 Å². The molecule has 0 aliphatic heterocycles. The van der Waals surface area contributed by atoms with Crippen LogP contribution in [0.5, 0.6) is 11.5 Å². The third kappa shape index (κ3) is 3.97. The van der Waals surface area contributed by atoms with E-state index in [1.807, 2.05) is 24.4 Å². The van der Waals surface area contributed by atoms with E-state index >= 15 is 0 Å². The molecular weight excluding hydrogens is 344 g/mol. The predicted molar refractivity (Wildman–Crippen MR) is 90.9 cm³/mol. The lowest BCUT2D eigenvalue weighted by Gasteiger charge is -2.10. The number of methoxy groups -OCH3 is 1. The molecule has 0 spiro atoms. The summed E-state index contributed by atoms with van der Waals surface area (Å²) in [5, 5.41) is 5.79. The van der Waals surface area contributed by atoms with Gasteiger partial charge in [-0.1, -0.05) is 11.2 Å². The first-order valence-corrected chi connectivity index (χ1v) is 8.43. The molecule has 0 unspecified atom stereocenters. The van der Waals surface area contributed by atoms with Gasteiger partial charge >= 0.3 is 5.97 Å². The smallest absolute Gasteiger partial charge is 0.338 e. The molecule has 0 saturated heterocycles. The molecule has 0 aliphatic rings. The number of ether oxygens (including phenoxy) is 3. The van der Waals surface area contributed by atoms with Crippen molar-refractivity contribution in [2.24, 2.45) is 0 Å². The first-order chi connectivity index (χ1) is 12.2. The van der Waals surface area contributed by atoms with Crippen LogP contribution in [0.1, 0.15) is 23.2 Å². The fraction of sp³-hybridized carbons (Fsp3) is 0.235. The highest BCUT2D eigenvalue weighted by molar-refractivity contribution is 7.13. The van der Waals surface area contributed by atoms with E-state index in [1.54, 1.807) is 18.2 Å². The van der Waals surface area contributed by atoms with Gasteiger partial charge < -0.3 is 18.7 Å². The number of aromatic nitrogens is 2. The fourth-order valence-electron chi connectivity index (χ4n) is 2.10. The number of hydrogen-bond donors (Lipinski definition) is 0. The predicted octanol–water partition coefficient (Wildman–Crippen LogP) is 3.56. The van der Waals surface area contributed by atoms with Crippen LogP contribution in [0.15, 0.2) is 40.2 Å². The van der Waals surface area contributed by atoms with Gasteiger partial charge in [-0.15, -0.1) is 11.3 Å². The van der Waals surface area contributed by atoms with E-state index in [1.165, 1.54) is 18.4 Å². The second-order valence-electron chi connectivity index (χ2n) is 4.86. The third-order valence-corrected chi connectivity index (χ3v) is 4.10. The number of hydrogen-bond acceptors (Lipinski definition) is 8. The summed E-state index contributed by atoms with van der Waals surface area (Å²) in [5.74, 6) is 1.23. The second-order valence-corrected chi connectivity index (χ2v) is 5.81. The van der Waals surface area contributed by atoms with E-state index in [2.05, 4.69) is 10.1 Å². The zero-order valence-corrected chi connectivity index (χ0v) is 14.5. The summed E-state index contributed by atoms with van der Waals surface area (Å²) in [6, 6.07) is 8.63. The Kier molecular flexibility index (Phi) is 5.30. The lowest BCUT2D eigenvalue weighted by molar-refractivity contribution is 0.0429. The molecule has 0 bridgehead atoms. The van der Waals surface area contributed by atoms with Crippen molar-refractivity contribution in [2.75, 3.05) is 13.7 Å². The Morgan fingerprint density at radius 1 is 1.28 bits per heavy atom. The van der Waals surface area contributed by atoms with Gasteiger partial charge in [-0.05, 0) is 36.6 Å². The molecular formula is C17H16N2O5S. The molecule has 1 aromatic carbocycles. The molecule has 0 amide bonds. The lowest BCUT2D eigenvalue weighted by atomic mass is 10.2. The van der Waals surface area contributed by atoms with Crippen LogP contribution in [0.4, 0.5) is 0 Å². The van der Waals surface area contributed by atoms with Crippen LogP contribution in [0, 0.1) is 0 Å². The van der Waals surface area contributed by atoms with E-state index in [4.69, 9.17) is 18.7 Å². The first-order valence-electron chi connectivity index (χ1n) is 7.55. The summed E-state index contributed by atoms with van der Waals surface area (Å²) in [4.78, 5) is 17.3. The number of benzene rings is 1. The van der Waals surface area contributed by atoms with Crippen LogP contribution in [-0.4, -0.2) is 29.8 Å². The molecule has 0 fully saturated rings. The normalized spacial score (nSPS) is 10.5. The van der Waals surface area contributed by atoms with Gasteiger partial charge in [-0.3, -0.25) is 0 Å². The topological polar surface area (TPSA) is 83.7 Å². The number of thiophene rings is 1. The molecule has 0 N–H and O–H groups in total. The highest BCUT2D eigenvalue weighted by Crippen LogP contribution is 2.28. The van der Waals surface area contributed by atoms with Gasteiger partial charge in [0, 0.05) is 0 Å². The molecule has 0 saturated carbocycles. The molecule has 8 heteroatoms. The van der Waals surface area contributed by atoms with Crippen molar-refractivity contribution in [2.45, 2.75) is 13.5 Å². The summed E-state index contributed by atoms with van der Waals surface area (Å²) >= 11 is 1.50. The number of rotatable bonds is 7. The Morgan fingerprint density at radius 3 is 2.88 bits per heavy atom. The maximum Gasteiger partial charge on any atom is 0.338 e. The number of carbonyl (C=O) groups excluding carboxylic acids is 1. The molecule has 25 heavy (non-hydrogen) atoms. The zero-order chi connectivity index (χ0) is 17.6. The van der Waals surface area contributed by atoms with E-state index in [-0.39, 0.29) is 12.5 Å². The van der Waals surface area contributed by atoms with Gasteiger partial charge in [0.15, 0.2) is 18.1 Å². The van der Waals surface area contributed by atoms with E-state index < -0.39 is 5.97 Å². The molecule has 3 rings (SSSR count). The average molecular weight is 360 g/mol. The van der Waals surface area contributed by atoms with Crippen LogP contribution < -0.4 is 9.47 Å². The zero-order valence-electron chi connectivity index (χ0n) is 13.7. The van der Waals surface area contributed by atoms with E-state index in [9.17, 15) is 4.79 Å². The largest absolute Gasteiger partial charge is 0.493 e. The summed E-state index contributed by atoms with van der Waals surface area (Å²) in [6.45, 7) is 2.21. The van der Waals surface area contributed by atoms with Crippen LogP contribution in [-0.2, 0) is 11.3 Å². The van der Waals surface area contributed by atoms with Crippen molar-refractivity contribution in [1.82, 2.24) is 10.1 Å². The lowest BCUT2D eigenvalue weighted by Crippen LogP contribution is -2.06. The van der Waals surface area contributed by atoms with Crippen molar-refractivity contribution in [3.63, 3.8) is 0 Å². The standard InChI is InChI=1S/C17H16N2O5S/c1-3-22-13-9-11(6-7-12(13)21-2)17(20)23-10-15-18-16(19-24-15)14-5-4-8-25-14/h4-9H,3,10H2,1-2H3. The summed E-state index contributed by atoms with van der Waals surface area (Å²) in [5.41, 5.74) is 0.349. The van der Waals surface area contributed by atoms with E-state index in [0.717, 1.165) is 4.88 Å². The summed E-state index contributed by atoms with van der Waals surface area (Å²) in [6.07, 6.45) is 0. The number of carbonyl (C=O) groups is 1. The van der Waals surface area contributed by atoms with Crippen LogP contribution >= 0.6 is 11.3 Å². The second kappa shape index (κ2) is 7.80. The summed E-state index contributed by atoms with van der Waals surface area (Å²) in [7, 11) is 1.54. The molecule has 3 aromatic rings. The molecule has 2 heterocycles. The molecule has 2 aromatic heterocycles. The highest BCUT2D eigenvalue weighted by Gasteiger charge is 2.15. The highest BCUT2D eigenvalue weighted by atomic mass is 32.1. The van der Waals surface area contributed by atoms with Gasteiger partial charge in [-0.25, -0.2) is 4.79 Å². The van der Waals surface area contributed by atoms with Crippen molar-refractivity contribution in [3.8, 4) is 22.2 Å². The fourth-order valence-corrected chi connectivity index (χ4v) is 2.75. The molecule has 130 valence electrons. The Labute approximate surface area is 148 Å². The molecule has 0 atom stereocenters. The van der Waals surface area contributed by atoms with Crippen molar-refractivity contribution in [3.05, 3.63) is 47.2 Å². The van der Waals surface area contributed by atoms with Gasteiger partial charge in [0.05, 0.1) is 24.2 Å². The Morgan fingerprint density at radius 2 is 2.16 bits per heavy atom. The van der Waals surface area contributed by atoms with Gasteiger partial charge in [0.25, 0.3) is 5.89 Å². The maximum atomic E-state index is 12.2. The van der Waals surface area contributed by atoms with Gasteiger partial charge in [0.2, 0.25) is 5.82 Å². The average Bonchev–Trinajstić information content (AvgIpc) is 3.31. The minimum absolute atomic E-state index is 0.104. The Bertz CT molecular complexity index is 845. The monoisotopic (exact) mass is 360 g/mol. The minimum Gasteiger partial charge on any atom is -0.493 e. The van der Waals surface area contributed by atoms with Gasteiger partial charge in [-0.2, -0.15) is 4.98 Å². The number of esters is 1. The Hall–Kier alpha value is -2.87. The SMILES string of the molecule is CCOc1cc(C(=O)OCc2nc(-c3cccs3)no2)ccc1OC. The molecule has 0 radical (unpaired) electrons. The van der Waals surface area contributed by atoms with Crippen molar-refractivity contribution < 1.29 is 23.5 Å².